The highest BCUT2D eigenvalue weighted by Gasteiger charge is 2.18. The third kappa shape index (κ3) is 4.16. The summed E-state index contributed by atoms with van der Waals surface area (Å²) in [6.07, 6.45) is 5.45. The van der Waals surface area contributed by atoms with Crippen molar-refractivity contribution in [1.82, 2.24) is 4.90 Å². The van der Waals surface area contributed by atoms with Crippen LogP contribution in [-0.2, 0) is 6.42 Å². The molecule has 1 fully saturated rings. The van der Waals surface area contributed by atoms with Crippen molar-refractivity contribution in [2.75, 3.05) is 20.1 Å². The van der Waals surface area contributed by atoms with Gasteiger partial charge >= 0.3 is 0 Å². The molecule has 0 radical (unpaired) electrons. The molecule has 0 aromatic heterocycles. The first-order chi connectivity index (χ1) is 8.24. The number of hydrogen-bond donors (Lipinski definition) is 0. The number of nitrogens with zero attached hydrogens (tertiary/aromatic N) is 1. The van der Waals surface area contributed by atoms with Crippen molar-refractivity contribution in [3.8, 4) is 0 Å². The molecule has 1 saturated heterocycles. The third-order valence-corrected chi connectivity index (χ3v) is 4.00. The zero-order valence-corrected chi connectivity index (χ0v) is 11.2. The van der Waals surface area contributed by atoms with Crippen molar-refractivity contribution in [2.24, 2.45) is 11.8 Å². The van der Waals surface area contributed by atoms with Crippen LogP contribution in [0.1, 0.15) is 31.7 Å². The maximum Gasteiger partial charge on any atom is -0.00191 e. The summed E-state index contributed by atoms with van der Waals surface area (Å²) in [4.78, 5) is 2.46. The quantitative estimate of drug-likeness (QED) is 0.765. The fourth-order valence-electron chi connectivity index (χ4n) is 2.97. The molecule has 94 valence electrons. The van der Waals surface area contributed by atoms with E-state index in [9.17, 15) is 0 Å². The van der Waals surface area contributed by atoms with Gasteiger partial charge in [-0.15, -0.1) is 0 Å². The standard InChI is InChI=1S/C16H25N/c1-14(12-15-6-4-3-5-7-15)13-16-8-10-17(2)11-9-16/h3-7,14,16H,8-13H2,1-2H3. The Morgan fingerprint density at radius 3 is 2.47 bits per heavy atom. The molecule has 1 aromatic rings. The van der Waals surface area contributed by atoms with E-state index in [-0.39, 0.29) is 0 Å². The summed E-state index contributed by atoms with van der Waals surface area (Å²) < 4.78 is 0. The van der Waals surface area contributed by atoms with Crippen molar-refractivity contribution in [3.05, 3.63) is 35.9 Å². The minimum Gasteiger partial charge on any atom is -0.306 e. The van der Waals surface area contributed by atoms with Gasteiger partial charge in [0.05, 0.1) is 0 Å². The topological polar surface area (TPSA) is 3.24 Å². The molecule has 1 nitrogen and oxygen atoms in total. The van der Waals surface area contributed by atoms with E-state index >= 15 is 0 Å². The van der Waals surface area contributed by atoms with E-state index in [4.69, 9.17) is 0 Å². The molecule has 1 aliphatic rings. The second-order valence-electron chi connectivity index (χ2n) is 5.78. The fraction of sp³-hybridized carbons (Fsp3) is 0.625. The molecule has 0 saturated carbocycles. The number of likely N-dealkylation sites (tertiary alicyclic amines) is 1. The molecular weight excluding hydrogens is 206 g/mol. The summed E-state index contributed by atoms with van der Waals surface area (Å²) in [5.41, 5.74) is 1.49. The molecule has 2 rings (SSSR count). The van der Waals surface area contributed by atoms with Gasteiger partial charge < -0.3 is 4.90 Å². The van der Waals surface area contributed by atoms with Crippen LogP contribution in [0, 0.1) is 11.8 Å². The lowest BCUT2D eigenvalue weighted by Gasteiger charge is -2.30. The number of hydrogen-bond acceptors (Lipinski definition) is 1. The summed E-state index contributed by atoms with van der Waals surface area (Å²) in [7, 11) is 2.24. The van der Waals surface area contributed by atoms with E-state index in [2.05, 4.69) is 49.2 Å². The van der Waals surface area contributed by atoms with E-state index in [0.29, 0.717) is 0 Å². The number of piperidine rings is 1. The average Bonchev–Trinajstić information content (AvgIpc) is 2.33. The minimum atomic E-state index is 0.825. The summed E-state index contributed by atoms with van der Waals surface area (Å²) in [5.74, 6) is 1.79. The maximum absolute atomic E-state index is 2.46. The van der Waals surface area contributed by atoms with Crippen LogP contribution in [-0.4, -0.2) is 25.0 Å². The van der Waals surface area contributed by atoms with Crippen LogP contribution in [0.5, 0.6) is 0 Å². The predicted octanol–water partition coefficient (Wildman–Crippen LogP) is 3.60. The first-order valence-electron chi connectivity index (χ1n) is 6.96. The monoisotopic (exact) mass is 231 g/mol. The van der Waals surface area contributed by atoms with Crippen LogP contribution >= 0.6 is 0 Å². The van der Waals surface area contributed by atoms with Crippen molar-refractivity contribution in [2.45, 2.75) is 32.6 Å². The molecule has 0 spiro atoms. The molecule has 0 bridgehead atoms. The molecule has 1 unspecified atom stereocenters. The molecule has 1 heteroatoms. The Balaban J connectivity index is 1.76. The van der Waals surface area contributed by atoms with Crippen LogP contribution in [0.3, 0.4) is 0 Å². The van der Waals surface area contributed by atoms with Crippen LogP contribution in [0.4, 0.5) is 0 Å². The van der Waals surface area contributed by atoms with Gasteiger partial charge in [-0.2, -0.15) is 0 Å². The lowest BCUT2D eigenvalue weighted by Crippen LogP contribution is -2.30. The van der Waals surface area contributed by atoms with Crippen LogP contribution < -0.4 is 0 Å². The Morgan fingerprint density at radius 2 is 1.82 bits per heavy atom. The Hall–Kier alpha value is -0.820. The zero-order valence-electron chi connectivity index (χ0n) is 11.2. The Kier molecular flexibility index (Phi) is 4.61. The maximum atomic E-state index is 2.46. The summed E-state index contributed by atoms with van der Waals surface area (Å²) in [6, 6.07) is 10.9. The molecule has 17 heavy (non-hydrogen) atoms. The smallest absolute Gasteiger partial charge is 0.00191 e. The van der Waals surface area contributed by atoms with Gasteiger partial charge in [0.25, 0.3) is 0 Å². The molecule has 1 atom stereocenters. The van der Waals surface area contributed by atoms with Crippen LogP contribution in [0.15, 0.2) is 30.3 Å². The van der Waals surface area contributed by atoms with E-state index in [1.54, 1.807) is 0 Å². The summed E-state index contributed by atoms with van der Waals surface area (Å²) in [6.45, 7) is 5.00. The van der Waals surface area contributed by atoms with Gasteiger partial charge in [-0.3, -0.25) is 0 Å². The van der Waals surface area contributed by atoms with Crippen molar-refractivity contribution in [1.29, 1.82) is 0 Å². The normalized spacial score (nSPS) is 20.4. The molecule has 1 aliphatic heterocycles. The van der Waals surface area contributed by atoms with Crippen molar-refractivity contribution < 1.29 is 0 Å². The summed E-state index contributed by atoms with van der Waals surface area (Å²) in [5, 5.41) is 0. The van der Waals surface area contributed by atoms with Gasteiger partial charge in [0.1, 0.15) is 0 Å². The third-order valence-electron chi connectivity index (χ3n) is 4.00. The fourth-order valence-corrected chi connectivity index (χ4v) is 2.97. The zero-order chi connectivity index (χ0) is 12.1. The highest BCUT2D eigenvalue weighted by molar-refractivity contribution is 5.15. The van der Waals surface area contributed by atoms with Gasteiger partial charge in [-0.25, -0.2) is 0 Å². The second-order valence-corrected chi connectivity index (χ2v) is 5.78. The van der Waals surface area contributed by atoms with E-state index in [1.807, 2.05) is 0 Å². The Bertz CT molecular complexity index is 312. The first kappa shape index (κ1) is 12.6. The molecule has 0 amide bonds. The van der Waals surface area contributed by atoms with Gasteiger partial charge in [0.15, 0.2) is 0 Å². The highest BCUT2D eigenvalue weighted by Crippen LogP contribution is 2.25. The predicted molar refractivity (Wildman–Crippen MR) is 74.1 cm³/mol. The van der Waals surface area contributed by atoms with Gasteiger partial charge in [0, 0.05) is 0 Å². The first-order valence-corrected chi connectivity index (χ1v) is 6.96. The second kappa shape index (κ2) is 6.20. The van der Waals surface area contributed by atoms with E-state index < -0.39 is 0 Å². The van der Waals surface area contributed by atoms with Crippen LogP contribution in [0.2, 0.25) is 0 Å². The van der Waals surface area contributed by atoms with Gasteiger partial charge in [-0.05, 0) is 63.2 Å². The lowest BCUT2D eigenvalue weighted by atomic mass is 9.85. The lowest BCUT2D eigenvalue weighted by molar-refractivity contribution is 0.198. The molecule has 1 aromatic carbocycles. The van der Waals surface area contributed by atoms with Crippen molar-refractivity contribution >= 4 is 0 Å². The highest BCUT2D eigenvalue weighted by atomic mass is 15.1. The Labute approximate surface area is 106 Å². The molecule has 1 heterocycles. The van der Waals surface area contributed by atoms with E-state index in [1.165, 1.54) is 44.3 Å². The number of benzene rings is 1. The van der Waals surface area contributed by atoms with Gasteiger partial charge in [-0.1, -0.05) is 37.3 Å². The number of rotatable bonds is 4. The SMILES string of the molecule is CC(Cc1ccccc1)CC1CCN(C)CC1. The van der Waals surface area contributed by atoms with E-state index in [0.717, 1.165) is 11.8 Å². The largest absolute Gasteiger partial charge is 0.306 e. The minimum absolute atomic E-state index is 0.825. The van der Waals surface area contributed by atoms with Crippen molar-refractivity contribution in [3.63, 3.8) is 0 Å². The average molecular weight is 231 g/mol. The molecule has 0 N–H and O–H groups in total. The molecular formula is C16H25N. The Morgan fingerprint density at radius 1 is 1.18 bits per heavy atom. The molecule has 0 aliphatic carbocycles. The van der Waals surface area contributed by atoms with Gasteiger partial charge in [0.2, 0.25) is 0 Å². The van der Waals surface area contributed by atoms with Crippen LogP contribution in [0.25, 0.3) is 0 Å². The summed E-state index contributed by atoms with van der Waals surface area (Å²) >= 11 is 0.